The van der Waals surface area contributed by atoms with E-state index >= 15 is 0 Å². The van der Waals surface area contributed by atoms with Crippen LogP contribution in [0.5, 0.6) is 5.75 Å². The minimum atomic E-state index is -2.05. The third-order valence-electron chi connectivity index (χ3n) is 8.94. The number of fused-ring (bicyclic) bond motifs is 3. The SMILES string of the molecule is CCc1ccnc(-c2ccc(O)c3c2C[C@@]2(N)C[C@@]4(N)[C@H](N(C)C)C(=O)C(C(N)=O)=C(O)[C@@]4(C)C(=O)C2=C3O)c1. The maximum atomic E-state index is 14.4. The van der Waals surface area contributed by atoms with Gasteiger partial charge < -0.3 is 32.5 Å². The topological polar surface area (TPSA) is 206 Å². The number of phenolic OH excluding ortho intramolecular Hbond substituents is 1. The van der Waals surface area contributed by atoms with Crippen molar-refractivity contribution >= 4 is 23.2 Å². The molecule has 1 heterocycles. The number of nitrogens with two attached hydrogens (primary N) is 3. The Hall–Kier alpha value is -4.06. The van der Waals surface area contributed by atoms with E-state index in [0.29, 0.717) is 16.8 Å². The fourth-order valence-electron chi connectivity index (χ4n) is 6.94. The average Bonchev–Trinajstić information content (AvgIpc) is 2.86. The van der Waals surface area contributed by atoms with Crippen molar-refractivity contribution in [2.24, 2.45) is 22.6 Å². The normalized spacial score (nSPS) is 29.8. The first-order valence-corrected chi connectivity index (χ1v) is 12.9. The number of Topliss-reactive ketones (excluding diaryl/α,β-unsaturated/α-hetero) is 2. The first kappa shape index (κ1) is 27.5. The van der Waals surface area contributed by atoms with Crippen molar-refractivity contribution in [2.45, 2.75) is 50.2 Å². The molecule has 0 aliphatic heterocycles. The summed E-state index contributed by atoms with van der Waals surface area (Å²) in [5.41, 5.74) is 15.7. The number of ketones is 2. The number of pyridine rings is 1. The lowest BCUT2D eigenvalue weighted by molar-refractivity contribution is -0.142. The van der Waals surface area contributed by atoms with Crippen molar-refractivity contribution in [3.8, 4) is 17.0 Å². The monoisotopic (exact) mass is 547 g/mol. The van der Waals surface area contributed by atoms with Crippen LogP contribution in [0.2, 0.25) is 0 Å². The van der Waals surface area contributed by atoms with E-state index in [4.69, 9.17) is 17.2 Å². The van der Waals surface area contributed by atoms with E-state index < -0.39 is 57.1 Å². The Bertz CT molecular complexity index is 1580. The van der Waals surface area contributed by atoms with Crippen LogP contribution in [0.3, 0.4) is 0 Å². The van der Waals surface area contributed by atoms with Crippen LogP contribution in [0.15, 0.2) is 47.4 Å². The van der Waals surface area contributed by atoms with Crippen LogP contribution in [0.4, 0.5) is 0 Å². The number of aromatic nitrogens is 1. The summed E-state index contributed by atoms with van der Waals surface area (Å²) in [5.74, 6) is -4.58. The molecule has 0 unspecified atom stereocenters. The third-order valence-corrected chi connectivity index (χ3v) is 8.94. The molecule has 4 atom stereocenters. The Labute approximate surface area is 231 Å². The van der Waals surface area contributed by atoms with Crippen molar-refractivity contribution in [3.05, 3.63) is 64.1 Å². The van der Waals surface area contributed by atoms with Gasteiger partial charge in [-0.05, 0) is 75.7 Å². The molecule has 1 saturated carbocycles. The molecule has 9 N–H and O–H groups in total. The Morgan fingerprint density at radius 2 is 1.82 bits per heavy atom. The van der Waals surface area contributed by atoms with Gasteiger partial charge in [0.15, 0.2) is 11.6 Å². The molecular formula is C29H33N5O6. The number of nitrogens with zero attached hydrogens (tertiary/aromatic N) is 2. The number of aryl methyl sites for hydroxylation is 1. The van der Waals surface area contributed by atoms with Gasteiger partial charge >= 0.3 is 0 Å². The van der Waals surface area contributed by atoms with Crippen LogP contribution >= 0.6 is 0 Å². The molecule has 1 aromatic heterocycles. The van der Waals surface area contributed by atoms with Gasteiger partial charge in [-0.1, -0.05) is 6.92 Å². The Morgan fingerprint density at radius 3 is 2.42 bits per heavy atom. The van der Waals surface area contributed by atoms with Crippen molar-refractivity contribution in [1.82, 2.24) is 9.88 Å². The second-order valence-corrected chi connectivity index (χ2v) is 11.4. The van der Waals surface area contributed by atoms with Crippen LogP contribution in [0, 0.1) is 5.41 Å². The van der Waals surface area contributed by atoms with Gasteiger partial charge in [0.2, 0.25) is 0 Å². The number of amides is 1. The Kier molecular flexibility index (Phi) is 6.00. The summed E-state index contributed by atoms with van der Waals surface area (Å²) in [5, 5.41) is 33.8. The van der Waals surface area contributed by atoms with Crippen molar-refractivity contribution in [3.63, 3.8) is 0 Å². The zero-order chi connectivity index (χ0) is 29.5. The summed E-state index contributed by atoms with van der Waals surface area (Å²) in [4.78, 5) is 46.2. The van der Waals surface area contributed by atoms with Gasteiger partial charge in [0, 0.05) is 11.8 Å². The van der Waals surface area contributed by atoms with E-state index in [1.165, 1.54) is 17.9 Å². The second kappa shape index (κ2) is 8.72. The van der Waals surface area contributed by atoms with Gasteiger partial charge in [0.05, 0.1) is 34.0 Å². The standard InChI is InChI=1S/C29H33N5O6/c1-5-13-8-9-33-16(10-13)14-6-7-17(35)18-15(14)11-28(31)12-29(32)23(34(3)4)22(37)19(26(30)40)24(38)27(29,2)25(39)20(28)21(18)36/h6-10,23,35-36,38H,5,11-12,31-32H2,1-4H3,(H2,30,40)/t23-,27+,28-,29-/m1/s1. The summed E-state index contributed by atoms with van der Waals surface area (Å²) in [6, 6.07) is 5.61. The van der Waals surface area contributed by atoms with E-state index in [9.17, 15) is 29.7 Å². The number of primary amides is 1. The number of aliphatic hydroxyl groups is 2. The van der Waals surface area contributed by atoms with Gasteiger partial charge in [-0.25, -0.2) is 0 Å². The smallest absolute Gasteiger partial charge is 0.255 e. The van der Waals surface area contributed by atoms with E-state index in [1.54, 1.807) is 26.4 Å². The number of rotatable bonds is 4. The molecule has 0 saturated heterocycles. The lowest BCUT2D eigenvalue weighted by Gasteiger charge is -2.60. The van der Waals surface area contributed by atoms with E-state index in [2.05, 4.69) is 4.98 Å². The fourth-order valence-corrected chi connectivity index (χ4v) is 6.94. The van der Waals surface area contributed by atoms with Crippen molar-refractivity contribution in [1.29, 1.82) is 0 Å². The van der Waals surface area contributed by atoms with Gasteiger partial charge in [-0.3, -0.25) is 24.3 Å². The molecule has 0 spiro atoms. The summed E-state index contributed by atoms with van der Waals surface area (Å²) in [6.45, 7) is 3.33. The maximum Gasteiger partial charge on any atom is 0.255 e. The van der Waals surface area contributed by atoms with Crippen molar-refractivity contribution in [2.75, 3.05) is 14.1 Å². The highest BCUT2D eigenvalue weighted by atomic mass is 16.3. The number of hydrogen-bond acceptors (Lipinski definition) is 10. The second-order valence-electron chi connectivity index (χ2n) is 11.4. The molecule has 11 heteroatoms. The summed E-state index contributed by atoms with van der Waals surface area (Å²) in [6.07, 6.45) is 2.16. The fraction of sp³-hybridized carbons (Fsp3) is 0.379. The number of hydrogen-bond donors (Lipinski definition) is 6. The van der Waals surface area contributed by atoms with Crippen LogP contribution < -0.4 is 17.2 Å². The lowest BCUT2D eigenvalue weighted by atomic mass is 9.47. The number of carbonyl (C=O) groups excluding carboxylic acids is 3. The Balaban J connectivity index is 1.82. The molecule has 210 valence electrons. The Morgan fingerprint density at radius 1 is 1.15 bits per heavy atom. The zero-order valence-corrected chi connectivity index (χ0v) is 22.8. The molecule has 3 aliphatic carbocycles. The van der Waals surface area contributed by atoms with Crippen LogP contribution in [0.25, 0.3) is 17.0 Å². The molecule has 0 radical (unpaired) electrons. The first-order valence-electron chi connectivity index (χ1n) is 12.9. The largest absolute Gasteiger partial charge is 0.510 e. The highest BCUT2D eigenvalue weighted by Crippen LogP contribution is 2.58. The predicted molar refractivity (Wildman–Crippen MR) is 147 cm³/mol. The molecule has 2 aromatic rings. The lowest BCUT2D eigenvalue weighted by Crippen LogP contribution is -2.79. The molecule has 1 aromatic carbocycles. The average molecular weight is 548 g/mol. The summed E-state index contributed by atoms with van der Waals surface area (Å²) in [7, 11) is 3.13. The number of benzene rings is 1. The van der Waals surface area contributed by atoms with Gasteiger partial charge in [-0.2, -0.15) is 0 Å². The van der Waals surface area contributed by atoms with Gasteiger partial charge in [0.25, 0.3) is 5.91 Å². The number of carbonyl (C=O) groups is 3. The van der Waals surface area contributed by atoms with Crippen LogP contribution in [0.1, 0.15) is 37.0 Å². The summed E-state index contributed by atoms with van der Waals surface area (Å²) >= 11 is 0. The van der Waals surface area contributed by atoms with Gasteiger partial charge in [0.1, 0.15) is 28.3 Å². The van der Waals surface area contributed by atoms with E-state index in [1.807, 2.05) is 19.1 Å². The predicted octanol–water partition coefficient (Wildman–Crippen LogP) is 1.03. The van der Waals surface area contributed by atoms with Crippen molar-refractivity contribution < 1.29 is 29.7 Å². The number of likely N-dealkylation sites (N-methyl/N-ethyl adjacent to an activating group) is 1. The molecule has 5 rings (SSSR count). The summed E-state index contributed by atoms with van der Waals surface area (Å²) < 4.78 is 0. The minimum Gasteiger partial charge on any atom is -0.510 e. The molecule has 1 fully saturated rings. The molecule has 1 amide bonds. The molecule has 0 bridgehead atoms. The van der Waals surface area contributed by atoms with E-state index in [0.717, 1.165) is 12.0 Å². The number of aromatic hydroxyl groups is 1. The first-order chi connectivity index (χ1) is 18.6. The van der Waals surface area contributed by atoms with Crippen LogP contribution in [-0.2, 0) is 27.2 Å². The highest BCUT2D eigenvalue weighted by Gasteiger charge is 2.71. The van der Waals surface area contributed by atoms with Gasteiger partial charge in [-0.15, -0.1) is 0 Å². The van der Waals surface area contributed by atoms with E-state index in [-0.39, 0.29) is 29.7 Å². The molecule has 40 heavy (non-hydrogen) atoms. The molecule has 11 nitrogen and oxygen atoms in total. The number of phenols is 1. The van der Waals surface area contributed by atoms with Crippen LogP contribution in [-0.4, -0.2) is 73.9 Å². The number of aliphatic hydroxyl groups excluding tert-OH is 2. The zero-order valence-electron chi connectivity index (χ0n) is 22.8. The maximum absolute atomic E-state index is 14.4. The molecule has 3 aliphatic rings. The highest BCUT2D eigenvalue weighted by molar-refractivity contribution is 6.25. The molecular weight excluding hydrogens is 514 g/mol. The minimum absolute atomic E-state index is 0.0217. The quantitative estimate of drug-likeness (QED) is 0.300. The third kappa shape index (κ3) is 3.34.